The van der Waals surface area contributed by atoms with Crippen LogP contribution in [0.4, 0.5) is 4.39 Å². The zero-order valence-corrected chi connectivity index (χ0v) is 10.8. The molecule has 0 aliphatic carbocycles. The van der Waals surface area contributed by atoms with Gasteiger partial charge in [0, 0.05) is 34.4 Å². The Bertz CT molecular complexity index is 776. The highest BCUT2D eigenvalue weighted by Crippen LogP contribution is 2.28. The molecule has 1 N–H and O–H groups in total. The number of halogens is 1. The van der Waals surface area contributed by atoms with E-state index in [1.165, 1.54) is 23.9 Å². The molecule has 0 aliphatic rings. The molecule has 2 heterocycles. The molecule has 0 amide bonds. The van der Waals surface area contributed by atoms with E-state index in [4.69, 9.17) is 0 Å². The molecule has 0 radical (unpaired) electrons. The standard InChI is InChI=1S/C14H12FN3O2.CH4/c1-20-14(19)8-18-7-9(5-17-18)12-6-16-13-4-10(15)2-3-11(12)13;/h2-7,16H,8H2,1H3;1H4. The summed E-state index contributed by atoms with van der Waals surface area (Å²) in [6.07, 6.45) is 5.21. The van der Waals surface area contributed by atoms with Crippen molar-refractivity contribution in [2.24, 2.45) is 0 Å². The van der Waals surface area contributed by atoms with Gasteiger partial charge in [0.15, 0.2) is 0 Å². The van der Waals surface area contributed by atoms with Crippen LogP contribution >= 0.6 is 0 Å². The normalized spacial score (nSPS) is 10.4. The SMILES string of the molecule is C.COC(=O)Cn1cc(-c2c[nH]c3cc(F)ccc23)cn1. The van der Waals surface area contributed by atoms with Crippen molar-refractivity contribution in [3.8, 4) is 11.1 Å². The molecule has 3 aromatic rings. The van der Waals surface area contributed by atoms with Gasteiger partial charge >= 0.3 is 5.97 Å². The first-order chi connectivity index (χ1) is 9.67. The van der Waals surface area contributed by atoms with Crippen molar-refractivity contribution in [1.82, 2.24) is 14.8 Å². The number of methoxy groups -OCH3 is 1. The molecule has 0 atom stereocenters. The second-order valence-corrected chi connectivity index (χ2v) is 4.39. The number of carbonyl (C=O) groups is 1. The fourth-order valence-corrected chi connectivity index (χ4v) is 2.12. The highest BCUT2D eigenvalue weighted by molar-refractivity contribution is 5.95. The minimum Gasteiger partial charge on any atom is -0.468 e. The maximum Gasteiger partial charge on any atom is 0.327 e. The molecular formula is C15H16FN3O2. The predicted octanol–water partition coefficient (Wildman–Crippen LogP) is 2.98. The van der Waals surface area contributed by atoms with Gasteiger partial charge in [-0.1, -0.05) is 7.43 Å². The first-order valence-corrected chi connectivity index (χ1v) is 6.03. The van der Waals surface area contributed by atoms with Crippen molar-refractivity contribution in [3.63, 3.8) is 0 Å². The lowest BCUT2D eigenvalue weighted by molar-refractivity contribution is -0.141. The molecule has 0 aliphatic heterocycles. The first-order valence-electron chi connectivity index (χ1n) is 6.03. The fraction of sp³-hybridized carbons (Fsp3) is 0.200. The number of carbonyl (C=O) groups excluding carboxylic acids is 1. The number of aromatic nitrogens is 3. The summed E-state index contributed by atoms with van der Waals surface area (Å²) in [5.41, 5.74) is 2.49. The molecule has 6 heteroatoms. The Kier molecular flexibility index (Phi) is 4.07. The fourth-order valence-electron chi connectivity index (χ4n) is 2.12. The lowest BCUT2D eigenvalue weighted by Crippen LogP contribution is -2.11. The van der Waals surface area contributed by atoms with Crippen molar-refractivity contribution in [1.29, 1.82) is 0 Å². The minimum absolute atomic E-state index is 0. The van der Waals surface area contributed by atoms with Gasteiger partial charge in [-0.15, -0.1) is 0 Å². The van der Waals surface area contributed by atoms with Crippen LogP contribution in [-0.2, 0) is 16.1 Å². The molecule has 1 aromatic carbocycles. The number of nitrogens with one attached hydrogen (secondary N) is 1. The second kappa shape index (κ2) is 5.78. The Hall–Kier alpha value is -2.63. The summed E-state index contributed by atoms with van der Waals surface area (Å²) in [6.45, 7) is 0.0630. The average Bonchev–Trinajstić information content (AvgIpc) is 3.04. The van der Waals surface area contributed by atoms with Crippen LogP contribution in [-0.4, -0.2) is 27.8 Å². The number of aromatic amines is 1. The van der Waals surface area contributed by atoms with Gasteiger partial charge in [0.1, 0.15) is 12.4 Å². The molecule has 0 saturated heterocycles. The lowest BCUT2D eigenvalue weighted by Gasteiger charge is -1.98. The Morgan fingerprint density at radius 1 is 1.48 bits per heavy atom. The quantitative estimate of drug-likeness (QED) is 0.754. The number of hydrogen-bond acceptors (Lipinski definition) is 3. The molecule has 0 saturated carbocycles. The number of benzene rings is 1. The van der Waals surface area contributed by atoms with E-state index < -0.39 is 0 Å². The van der Waals surface area contributed by atoms with E-state index in [9.17, 15) is 9.18 Å². The molecule has 3 rings (SSSR count). The predicted molar refractivity (Wildman–Crippen MR) is 78.2 cm³/mol. The summed E-state index contributed by atoms with van der Waals surface area (Å²) in [7, 11) is 1.33. The number of hydrogen-bond donors (Lipinski definition) is 1. The Labute approximate surface area is 121 Å². The number of ether oxygens (including phenoxy) is 1. The van der Waals surface area contributed by atoms with Crippen molar-refractivity contribution in [2.45, 2.75) is 14.0 Å². The van der Waals surface area contributed by atoms with E-state index in [0.29, 0.717) is 0 Å². The van der Waals surface area contributed by atoms with Gasteiger partial charge in [-0.05, 0) is 18.2 Å². The third-order valence-electron chi connectivity index (χ3n) is 3.11. The molecule has 0 unspecified atom stereocenters. The van der Waals surface area contributed by atoms with Gasteiger partial charge in [-0.25, -0.2) is 4.39 Å². The van der Waals surface area contributed by atoms with Crippen LogP contribution in [0.25, 0.3) is 22.0 Å². The van der Waals surface area contributed by atoms with Crippen LogP contribution in [0.15, 0.2) is 36.8 Å². The maximum absolute atomic E-state index is 13.1. The zero-order chi connectivity index (χ0) is 14.1. The van der Waals surface area contributed by atoms with Crippen LogP contribution in [0.2, 0.25) is 0 Å². The molecule has 0 bridgehead atoms. The zero-order valence-electron chi connectivity index (χ0n) is 10.8. The molecule has 5 nitrogen and oxygen atoms in total. The third-order valence-corrected chi connectivity index (χ3v) is 3.11. The third kappa shape index (κ3) is 2.79. The van der Waals surface area contributed by atoms with Gasteiger partial charge in [-0.3, -0.25) is 9.48 Å². The van der Waals surface area contributed by atoms with Gasteiger partial charge in [-0.2, -0.15) is 5.10 Å². The Morgan fingerprint density at radius 3 is 3.05 bits per heavy atom. The number of rotatable bonds is 3. The minimum atomic E-state index is -0.361. The molecular weight excluding hydrogens is 273 g/mol. The highest BCUT2D eigenvalue weighted by Gasteiger charge is 2.10. The van der Waals surface area contributed by atoms with Gasteiger partial charge in [0.2, 0.25) is 0 Å². The Morgan fingerprint density at radius 2 is 2.29 bits per heavy atom. The van der Waals surface area contributed by atoms with Gasteiger partial charge in [0.05, 0.1) is 13.3 Å². The van der Waals surface area contributed by atoms with Crippen molar-refractivity contribution >= 4 is 16.9 Å². The molecule has 110 valence electrons. The Balaban J connectivity index is 0.00000161. The van der Waals surface area contributed by atoms with E-state index in [2.05, 4.69) is 14.8 Å². The van der Waals surface area contributed by atoms with Crippen LogP contribution in [0.5, 0.6) is 0 Å². The molecule has 0 fully saturated rings. The monoisotopic (exact) mass is 289 g/mol. The number of esters is 1. The van der Waals surface area contributed by atoms with E-state index >= 15 is 0 Å². The van der Waals surface area contributed by atoms with E-state index in [0.717, 1.165) is 22.0 Å². The van der Waals surface area contributed by atoms with E-state index in [1.807, 2.05) is 0 Å². The van der Waals surface area contributed by atoms with Gasteiger partial charge < -0.3 is 9.72 Å². The van der Waals surface area contributed by atoms with E-state index in [1.54, 1.807) is 24.7 Å². The van der Waals surface area contributed by atoms with Crippen LogP contribution in [0.3, 0.4) is 0 Å². The van der Waals surface area contributed by atoms with Crippen LogP contribution in [0, 0.1) is 5.82 Å². The molecule has 2 aromatic heterocycles. The molecule has 0 spiro atoms. The number of fused-ring (bicyclic) bond motifs is 1. The number of H-pyrrole nitrogens is 1. The maximum atomic E-state index is 13.1. The summed E-state index contributed by atoms with van der Waals surface area (Å²) in [5.74, 6) is -0.645. The first kappa shape index (κ1) is 14.8. The van der Waals surface area contributed by atoms with Crippen LogP contribution < -0.4 is 0 Å². The molecule has 21 heavy (non-hydrogen) atoms. The van der Waals surface area contributed by atoms with Gasteiger partial charge in [0.25, 0.3) is 0 Å². The highest BCUT2D eigenvalue weighted by atomic mass is 19.1. The topological polar surface area (TPSA) is 59.9 Å². The average molecular weight is 289 g/mol. The largest absolute Gasteiger partial charge is 0.468 e. The summed E-state index contributed by atoms with van der Waals surface area (Å²) in [4.78, 5) is 14.2. The second-order valence-electron chi connectivity index (χ2n) is 4.39. The number of nitrogens with zero attached hydrogens (tertiary/aromatic N) is 2. The van der Waals surface area contributed by atoms with E-state index in [-0.39, 0.29) is 25.8 Å². The van der Waals surface area contributed by atoms with Crippen molar-refractivity contribution in [3.05, 3.63) is 42.6 Å². The summed E-state index contributed by atoms with van der Waals surface area (Å²) < 4.78 is 19.2. The lowest BCUT2D eigenvalue weighted by atomic mass is 10.1. The summed E-state index contributed by atoms with van der Waals surface area (Å²) in [5, 5.41) is 5.02. The summed E-state index contributed by atoms with van der Waals surface area (Å²) >= 11 is 0. The van der Waals surface area contributed by atoms with Crippen LogP contribution in [0.1, 0.15) is 7.43 Å². The van der Waals surface area contributed by atoms with Crippen molar-refractivity contribution in [2.75, 3.05) is 7.11 Å². The summed E-state index contributed by atoms with van der Waals surface area (Å²) in [6, 6.07) is 4.57. The smallest absolute Gasteiger partial charge is 0.327 e. The van der Waals surface area contributed by atoms with Crippen molar-refractivity contribution < 1.29 is 13.9 Å².